The summed E-state index contributed by atoms with van der Waals surface area (Å²) >= 11 is 0. The van der Waals surface area contributed by atoms with E-state index in [1.807, 2.05) is 48.2 Å². The second-order valence-electron chi connectivity index (χ2n) is 7.96. The number of amides is 1. The Labute approximate surface area is 170 Å². The normalized spacial score (nSPS) is 16.2. The number of nitrogens with one attached hydrogen (secondary N) is 1. The van der Waals surface area contributed by atoms with E-state index >= 15 is 0 Å². The molecule has 0 aliphatic heterocycles. The van der Waals surface area contributed by atoms with Gasteiger partial charge in [0.25, 0.3) is 5.91 Å². The summed E-state index contributed by atoms with van der Waals surface area (Å²) in [5, 5.41) is 12.3. The van der Waals surface area contributed by atoms with Crippen LogP contribution in [0.15, 0.2) is 36.9 Å². The number of aromatic nitrogens is 4. The first kappa shape index (κ1) is 19.6. The minimum absolute atomic E-state index is 0.0908. The maximum Gasteiger partial charge on any atom is 0.272 e. The summed E-state index contributed by atoms with van der Waals surface area (Å²) in [4.78, 5) is 22.0. The van der Waals surface area contributed by atoms with Crippen LogP contribution in [0.5, 0.6) is 0 Å². The van der Waals surface area contributed by atoms with Crippen molar-refractivity contribution < 1.29 is 9.90 Å². The van der Waals surface area contributed by atoms with Crippen LogP contribution in [0.4, 0.5) is 0 Å². The van der Waals surface area contributed by atoms with Crippen LogP contribution in [-0.4, -0.2) is 42.6 Å². The number of imidazole rings is 2. The molecule has 1 fully saturated rings. The van der Waals surface area contributed by atoms with E-state index in [1.165, 1.54) is 32.1 Å². The van der Waals surface area contributed by atoms with Crippen LogP contribution in [0.2, 0.25) is 0 Å². The molecule has 7 nitrogen and oxygen atoms in total. The number of nitrogens with zero attached hydrogens (tertiary/aromatic N) is 4. The van der Waals surface area contributed by atoms with Crippen molar-refractivity contribution in [2.45, 2.75) is 58.0 Å². The van der Waals surface area contributed by atoms with Crippen LogP contribution >= 0.6 is 0 Å². The Hall–Kier alpha value is -2.67. The van der Waals surface area contributed by atoms with Gasteiger partial charge in [-0.25, -0.2) is 9.97 Å². The number of rotatable bonds is 7. The molecule has 154 valence electrons. The molecule has 2 N–H and O–H groups in total. The Morgan fingerprint density at radius 1 is 1.31 bits per heavy atom. The number of hydrogen-bond donors (Lipinski definition) is 2. The van der Waals surface area contributed by atoms with Gasteiger partial charge in [-0.2, -0.15) is 0 Å². The van der Waals surface area contributed by atoms with Crippen molar-refractivity contribution in [1.82, 2.24) is 24.3 Å². The number of carbonyl (C=O) groups is 1. The van der Waals surface area contributed by atoms with E-state index in [2.05, 4.69) is 19.9 Å². The highest BCUT2D eigenvalue weighted by Gasteiger charge is 2.21. The minimum atomic E-state index is -0.277. The second-order valence-corrected chi connectivity index (χ2v) is 7.96. The van der Waals surface area contributed by atoms with Crippen molar-refractivity contribution in [2.75, 3.05) is 6.61 Å². The number of hydrogen-bond acceptors (Lipinski definition) is 4. The quantitative estimate of drug-likeness (QED) is 0.643. The zero-order chi connectivity index (χ0) is 20.2. The van der Waals surface area contributed by atoms with Gasteiger partial charge in [0.05, 0.1) is 24.5 Å². The topological polar surface area (TPSA) is 84.5 Å². The molecule has 3 aromatic heterocycles. The molecule has 0 unspecified atom stereocenters. The zero-order valence-corrected chi connectivity index (χ0v) is 16.9. The first-order chi connectivity index (χ1) is 14.2. The van der Waals surface area contributed by atoms with Crippen molar-refractivity contribution >= 4 is 11.4 Å². The molecule has 0 bridgehead atoms. The van der Waals surface area contributed by atoms with Crippen LogP contribution in [0, 0.1) is 5.92 Å². The molecular formula is C22H29N5O2. The Balaban J connectivity index is 1.62. The van der Waals surface area contributed by atoms with Gasteiger partial charge < -0.3 is 15.0 Å². The third kappa shape index (κ3) is 4.19. The van der Waals surface area contributed by atoms with Gasteiger partial charge >= 0.3 is 0 Å². The predicted molar refractivity (Wildman–Crippen MR) is 112 cm³/mol. The fourth-order valence-corrected chi connectivity index (χ4v) is 4.16. The lowest BCUT2D eigenvalue weighted by atomic mass is 9.89. The lowest BCUT2D eigenvalue weighted by molar-refractivity contribution is 0.0912. The summed E-state index contributed by atoms with van der Waals surface area (Å²) in [5.41, 5.74) is 1.85. The maximum absolute atomic E-state index is 12.8. The Bertz CT molecular complexity index is 967. The number of aliphatic hydroxyl groups excluding tert-OH is 1. The molecule has 3 aromatic rings. The van der Waals surface area contributed by atoms with Crippen molar-refractivity contribution in [1.29, 1.82) is 0 Å². The SMILES string of the molecule is CC[C@@H](CO)NC(=O)c1nc(-c2cn(CC3CCCCC3)cn2)n2ccccc12. The average molecular weight is 396 g/mol. The molecule has 0 saturated heterocycles. The molecular weight excluding hydrogens is 366 g/mol. The van der Waals surface area contributed by atoms with Gasteiger partial charge in [-0.05, 0) is 37.3 Å². The van der Waals surface area contributed by atoms with E-state index in [4.69, 9.17) is 0 Å². The minimum Gasteiger partial charge on any atom is -0.394 e. The molecule has 1 aliphatic carbocycles. The molecule has 0 spiro atoms. The number of pyridine rings is 1. The molecule has 3 heterocycles. The Morgan fingerprint density at radius 2 is 2.14 bits per heavy atom. The summed E-state index contributed by atoms with van der Waals surface area (Å²) < 4.78 is 4.05. The lowest BCUT2D eigenvalue weighted by Crippen LogP contribution is -2.37. The first-order valence-corrected chi connectivity index (χ1v) is 10.6. The van der Waals surface area contributed by atoms with Gasteiger partial charge in [0.1, 0.15) is 5.69 Å². The number of aliphatic hydroxyl groups is 1. The summed E-state index contributed by atoms with van der Waals surface area (Å²) in [6, 6.07) is 5.41. The first-order valence-electron chi connectivity index (χ1n) is 10.6. The summed E-state index contributed by atoms with van der Waals surface area (Å²) in [6.45, 7) is 2.82. The van der Waals surface area contributed by atoms with Gasteiger partial charge in [-0.15, -0.1) is 0 Å². The van der Waals surface area contributed by atoms with Gasteiger partial charge in [-0.1, -0.05) is 32.3 Å². The molecule has 1 amide bonds. The van der Waals surface area contributed by atoms with E-state index in [0.29, 0.717) is 23.9 Å². The highest BCUT2D eigenvalue weighted by molar-refractivity contribution is 6.00. The van der Waals surface area contributed by atoms with Crippen molar-refractivity contribution in [3.63, 3.8) is 0 Å². The average Bonchev–Trinajstić information content (AvgIpc) is 3.37. The number of carbonyl (C=O) groups excluding carboxylic acids is 1. The highest BCUT2D eigenvalue weighted by atomic mass is 16.3. The number of fused-ring (bicyclic) bond motifs is 1. The molecule has 4 rings (SSSR count). The van der Waals surface area contributed by atoms with Crippen LogP contribution in [-0.2, 0) is 6.54 Å². The van der Waals surface area contributed by atoms with E-state index in [1.54, 1.807) is 0 Å². The summed E-state index contributed by atoms with van der Waals surface area (Å²) in [6.07, 6.45) is 13.0. The molecule has 0 radical (unpaired) electrons. The summed E-state index contributed by atoms with van der Waals surface area (Å²) in [5.74, 6) is 1.10. The fourth-order valence-electron chi connectivity index (χ4n) is 4.16. The zero-order valence-electron chi connectivity index (χ0n) is 16.9. The van der Waals surface area contributed by atoms with E-state index in [9.17, 15) is 9.90 Å². The third-order valence-electron chi connectivity index (χ3n) is 5.87. The monoisotopic (exact) mass is 395 g/mol. The van der Waals surface area contributed by atoms with Crippen LogP contribution in [0.3, 0.4) is 0 Å². The molecule has 0 aromatic carbocycles. The summed E-state index contributed by atoms with van der Waals surface area (Å²) in [7, 11) is 0. The van der Waals surface area contributed by atoms with Crippen LogP contribution < -0.4 is 5.32 Å². The Kier molecular flexibility index (Phi) is 5.94. The van der Waals surface area contributed by atoms with Gasteiger partial charge in [0.15, 0.2) is 11.5 Å². The fraction of sp³-hybridized carbons (Fsp3) is 0.500. The van der Waals surface area contributed by atoms with E-state index < -0.39 is 0 Å². The highest BCUT2D eigenvalue weighted by Crippen LogP contribution is 2.26. The van der Waals surface area contributed by atoms with Crippen molar-refractivity contribution in [3.05, 3.63) is 42.6 Å². The molecule has 1 atom stereocenters. The van der Waals surface area contributed by atoms with Crippen molar-refractivity contribution in [2.24, 2.45) is 5.92 Å². The predicted octanol–water partition coefficient (Wildman–Crippen LogP) is 3.28. The van der Waals surface area contributed by atoms with Crippen molar-refractivity contribution in [3.8, 4) is 11.5 Å². The maximum atomic E-state index is 12.8. The third-order valence-corrected chi connectivity index (χ3v) is 5.87. The van der Waals surface area contributed by atoms with Gasteiger partial charge in [-0.3, -0.25) is 9.20 Å². The molecule has 7 heteroatoms. The van der Waals surface area contributed by atoms with Crippen LogP contribution in [0.25, 0.3) is 17.0 Å². The second kappa shape index (κ2) is 8.78. The molecule has 29 heavy (non-hydrogen) atoms. The van der Waals surface area contributed by atoms with E-state index in [-0.39, 0.29) is 18.6 Å². The molecule has 1 saturated carbocycles. The molecule has 1 aliphatic rings. The smallest absolute Gasteiger partial charge is 0.272 e. The van der Waals surface area contributed by atoms with Crippen LogP contribution in [0.1, 0.15) is 55.9 Å². The Morgan fingerprint density at radius 3 is 2.90 bits per heavy atom. The lowest BCUT2D eigenvalue weighted by Gasteiger charge is -2.21. The van der Waals surface area contributed by atoms with Gasteiger partial charge in [0, 0.05) is 18.9 Å². The largest absolute Gasteiger partial charge is 0.394 e. The standard InChI is InChI=1S/C22H29N5O2/c1-2-17(14-28)24-22(29)20-19-10-6-7-11-27(19)21(25-20)18-13-26(15-23-18)12-16-8-4-3-5-9-16/h6-7,10-11,13,15-17,28H,2-5,8-9,12,14H2,1H3,(H,24,29)/t17-/m0/s1. The van der Waals surface area contributed by atoms with E-state index in [0.717, 1.165) is 17.8 Å². The van der Waals surface area contributed by atoms with Gasteiger partial charge in [0.2, 0.25) is 0 Å².